The van der Waals surface area contributed by atoms with Crippen LogP contribution in [0, 0.1) is 13.8 Å². The van der Waals surface area contributed by atoms with Gasteiger partial charge < -0.3 is 10.0 Å². The highest BCUT2D eigenvalue weighted by molar-refractivity contribution is 6.07. The molecule has 0 spiro atoms. The van der Waals surface area contributed by atoms with E-state index in [4.69, 9.17) is 0 Å². The van der Waals surface area contributed by atoms with E-state index in [1.807, 2.05) is 69.2 Å². The average molecular weight is 295 g/mol. The molecule has 0 heterocycles. The van der Waals surface area contributed by atoms with E-state index in [0.29, 0.717) is 11.3 Å². The first-order valence-electron chi connectivity index (χ1n) is 7.18. The Balaban J connectivity index is 2.17. The highest BCUT2D eigenvalue weighted by Gasteiger charge is 2.04. The molecule has 0 aliphatic heterocycles. The van der Waals surface area contributed by atoms with E-state index in [1.54, 1.807) is 12.2 Å². The maximum atomic E-state index is 12.2. The van der Waals surface area contributed by atoms with Gasteiger partial charge in [0.2, 0.25) is 0 Å². The number of ketones is 1. The molecule has 0 radical (unpaired) electrons. The molecule has 0 atom stereocenters. The van der Waals surface area contributed by atoms with E-state index in [-0.39, 0.29) is 5.78 Å². The van der Waals surface area contributed by atoms with E-state index in [9.17, 15) is 9.90 Å². The molecular weight excluding hydrogens is 274 g/mol. The van der Waals surface area contributed by atoms with Crippen molar-refractivity contribution in [2.24, 2.45) is 0 Å². The van der Waals surface area contributed by atoms with Crippen molar-refractivity contribution in [3.05, 3.63) is 64.7 Å². The molecule has 1 N–H and O–H groups in total. The van der Waals surface area contributed by atoms with Gasteiger partial charge in [-0.2, -0.15) is 0 Å². The van der Waals surface area contributed by atoms with Gasteiger partial charge in [0.15, 0.2) is 5.78 Å². The van der Waals surface area contributed by atoms with Gasteiger partial charge in [0.05, 0.1) is 0 Å². The number of aryl methyl sites for hydroxylation is 2. The van der Waals surface area contributed by atoms with Gasteiger partial charge in [-0.1, -0.05) is 6.08 Å². The molecule has 3 heteroatoms. The second-order valence-electron chi connectivity index (χ2n) is 5.64. The first-order valence-corrected chi connectivity index (χ1v) is 7.18. The maximum absolute atomic E-state index is 12.2. The summed E-state index contributed by atoms with van der Waals surface area (Å²) in [6, 6.07) is 11.2. The lowest BCUT2D eigenvalue weighted by atomic mass is 10.0. The Kier molecular flexibility index (Phi) is 4.66. The Morgan fingerprint density at radius 1 is 1.05 bits per heavy atom. The molecule has 0 bridgehead atoms. The van der Waals surface area contributed by atoms with Crippen molar-refractivity contribution in [1.82, 2.24) is 0 Å². The normalized spacial score (nSPS) is 10.9. The summed E-state index contributed by atoms with van der Waals surface area (Å²) in [6.45, 7) is 3.70. The monoisotopic (exact) mass is 295 g/mol. The van der Waals surface area contributed by atoms with Crippen LogP contribution in [0.5, 0.6) is 5.75 Å². The van der Waals surface area contributed by atoms with E-state index in [1.165, 1.54) is 0 Å². The van der Waals surface area contributed by atoms with E-state index in [0.717, 1.165) is 22.4 Å². The Morgan fingerprint density at radius 2 is 1.59 bits per heavy atom. The topological polar surface area (TPSA) is 40.5 Å². The van der Waals surface area contributed by atoms with Crippen LogP contribution in [0.1, 0.15) is 27.0 Å². The predicted octanol–water partition coefficient (Wildman–Crippen LogP) is 3.97. The van der Waals surface area contributed by atoms with Gasteiger partial charge in [0.25, 0.3) is 0 Å². The average Bonchev–Trinajstić information content (AvgIpc) is 2.50. The van der Waals surface area contributed by atoms with Crippen molar-refractivity contribution in [1.29, 1.82) is 0 Å². The Bertz CT molecular complexity index is 690. The largest absolute Gasteiger partial charge is 0.507 e. The quantitative estimate of drug-likeness (QED) is 0.685. The molecule has 22 heavy (non-hydrogen) atoms. The Labute approximate surface area is 131 Å². The molecule has 0 aromatic heterocycles. The number of anilines is 1. The number of benzene rings is 2. The molecule has 3 nitrogen and oxygen atoms in total. The second-order valence-corrected chi connectivity index (χ2v) is 5.64. The molecule has 0 aliphatic rings. The number of hydrogen-bond acceptors (Lipinski definition) is 3. The number of rotatable bonds is 4. The fourth-order valence-corrected chi connectivity index (χ4v) is 2.28. The summed E-state index contributed by atoms with van der Waals surface area (Å²) < 4.78 is 0. The number of phenols is 1. The van der Waals surface area contributed by atoms with Crippen LogP contribution in [0.4, 0.5) is 5.69 Å². The van der Waals surface area contributed by atoms with Crippen LogP contribution in [-0.2, 0) is 0 Å². The SMILES string of the molecule is Cc1cc(C=CC(=O)c2ccc(N(C)C)cc2)cc(C)c1O. The minimum absolute atomic E-state index is 0.0336. The van der Waals surface area contributed by atoms with E-state index < -0.39 is 0 Å². The number of nitrogens with zero attached hydrogens (tertiary/aromatic N) is 1. The van der Waals surface area contributed by atoms with Crippen LogP contribution in [0.15, 0.2) is 42.5 Å². The van der Waals surface area contributed by atoms with Crippen LogP contribution in [0.3, 0.4) is 0 Å². The molecule has 0 fully saturated rings. The molecule has 114 valence electrons. The summed E-state index contributed by atoms with van der Waals surface area (Å²) in [5.74, 6) is 0.274. The van der Waals surface area contributed by atoms with Crippen molar-refractivity contribution in [2.75, 3.05) is 19.0 Å². The standard InChI is InChI=1S/C19H21NO2/c1-13-11-15(12-14(2)19(13)22)5-10-18(21)16-6-8-17(9-7-16)20(3)4/h5-12,22H,1-4H3. The maximum Gasteiger partial charge on any atom is 0.185 e. The third kappa shape index (κ3) is 3.55. The molecule has 0 aliphatic carbocycles. The molecular formula is C19H21NO2. The molecule has 2 aromatic rings. The smallest absolute Gasteiger partial charge is 0.185 e. The number of carbonyl (C=O) groups excluding carboxylic acids is 1. The second kappa shape index (κ2) is 6.48. The van der Waals surface area contributed by atoms with E-state index >= 15 is 0 Å². The van der Waals surface area contributed by atoms with Crippen molar-refractivity contribution in [3.63, 3.8) is 0 Å². The third-order valence-corrected chi connectivity index (χ3v) is 3.61. The number of allylic oxidation sites excluding steroid dienone is 1. The van der Waals surface area contributed by atoms with Gasteiger partial charge in [0.1, 0.15) is 5.75 Å². The zero-order valence-corrected chi connectivity index (χ0v) is 13.4. The fourth-order valence-electron chi connectivity index (χ4n) is 2.28. The predicted molar refractivity (Wildman–Crippen MR) is 91.7 cm³/mol. The molecule has 0 saturated carbocycles. The number of aromatic hydroxyl groups is 1. The summed E-state index contributed by atoms with van der Waals surface area (Å²) in [4.78, 5) is 14.2. The van der Waals surface area contributed by atoms with Crippen molar-refractivity contribution < 1.29 is 9.90 Å². The minimum Gasteiger partial charge on any atom is -0.507 e. The summed E-state index contributed by atoms with van der Waals surface area (Å²) >= 11 is 0. The summed E-state index contributed by atoms with van der Waals surface area (Å²) in [5, 5.41) is 9.76. The lowest BCUT2D eigenvalue weighted by molar-refractivity contribution is 0.104. The molecule has 2 aromatic carbocycles. The Hall–Kier alpha value is -2.55. The van der Waals surface area contributed by atoms with Gasteiger partial charge in [0, 0.05) is 25.3 Å². The molecule has 0 amide bonds. The first kappa shape index (κ1) is 15.8. The number of hydrogen-bond donors (Lipinski definition) is 1. The van der Waals surface area contributed by atoms with Crippen molar-refractivity contribution >= 4 is 17.5 Å². The van der Waals surface area contributed by atoms with Crippen LogP contribution < -0.4 is 4.90 Å². The first-order chi connectivity index (χ1) is 10.4. The van der Waals surface area contributed by atoms with Crippen molar-refractivity contribution in [2.45, 2.75) is 13.8 Å². The van der Waals surface area contributed by atoms with Crippen molar-refractivity contribution in [3.8, 4) is 5.75 Å². The lowest BCUT2D eigenvalue weighted by Crippen LogP contribution is -2.08. The highest BCUT2D eigenvalue weighted by Crippen LogP contribution is 2.23. The minimum atomic E-state index is -0.0336. The highest BCUT2D eigenvalue weighted by atomic mass is 16.3. The number of phenolic OH excluding ortho intramolecular Hbond substituents is 1. The summed E-state index contributed by atoms with van der Waals surface area (Å²) in [5.41, 5.74) is 4.25. The Morgan fingerprint density at radius 3 is 2.09 bits per heavy atom. The van der Waals surface area contributed by atoms with Gasteiger partial charge >= 0.3 is 0 Å². The van der Waals surface area contributed by atoms with Crippen LogP contribution >= 0.6 is 0 Å². The van der Waals surface area contributed by atoms with Gasteiger partial charge in [-0.15, -0.1) is 0 Å². The fraction of sp³-hybridized carbons (Fsp3) is 0.211. The van der Waals surface area contributed by atoms with Gasteiger partial charge in [-0.25, -0.2) is 0 Å². The van der Waals surface area contributed by atoms with Gasteiger partial charge in [-0.3, -0.25) is 4.79 Å². The van der Waals surface area contributed by atoms with E-state index in [2.05, 4.69) is 0 Å². The van der Waals surface area contributed by atoms with Crippen LogP contribution in [0.2, 0.25) is 0 Å². The van der Waals surface area contributed by atoms with Crippen LogP contribution in [0.25, 0.3) is 6.08 Å². The third-order valence-electron chi connectivity index (χ3n) is 3.61. The zero-order chi connectivity index (χ0) is 16.3. The van der Waals surface area contributed by atoms with Gasteiger partial charge in [-0.05, 0) is 73.0 Å². The number of carbonyl (C=O) groups is 1. The lowest BCUT2D eigenvalue weighted by Gasteiger charge is -2.11. The zero-order valence-electron chi connectivity index (χ0n) is 13.4. The molecule has 2 rings (SSSR count). The summed E-state index contributed by atoms with van der Waals surface area (Å²) in [7, 11) is 3.93. The summed E-state index contributed by atoms with van der Waals surface area (Å²) in [6.07, 6.45) is 3.34. The molecule has 0 saturated heterocycles. The van der Waals surface area contributed by atoms with Crippen LogP contribution in [-0.4, -0.2) is 25.0 Å². The molecule has 0 unspecified atom stereocenters.